The summed E-state index contributed by atoms with van der Waals surface area (Å²) in [6, 6.07) is -0.847. The highest BCUT2D eigenvalue weighted by Gasteiger charge is 2.43. The average Bonchev–Trinajstić information content (AvgIpc) is 2.97. The Labute approximate surface area is 147 Å². The molecule has 0 bridgehead atoms. The van der Waals surface area contributed by atoms with Crippen LogP contribution in [0.15, 0.2) is 0 Å². The van der Waals surface area contributed by atoms with Gasteiger partial charge in [-0.25, -0.2) is 14.7 Å². The van der Waals surface area contributed by atoms with Crippen molar-refractivity contribution in [2.75, 3.05) is 18.9 Å². The number of carbonyl (C=O) groups excluding carboxylic acids is 5. The summed E-state index contributed by atoms with van der Waals surface area (Å²) in [4.78, 5) is 65.1. The van der Waals surface area contributed by atoms with Crippen molar-refractivity contribution in [2.24, 2.45) is 5.41 Å². The standard InChI is InChI=1S/C15H16N4O5S/c1-15(2)4-7-10(8(20)5-15)25-13(16-7)17-9(21)6-19-12(23)11(22)18(3)14(19)24/h4-6H2,1-3H3,(H,16,17,21). The molecule has 0 saturated carbocycles. The Morgan fingerprint density at radius 3 is 2.48 bits per heavy atom. The first-order chi connectivity index (χ1) is 11.6. The van der Waals surface area contributed by atoms with Crippen LogP contribution in [-0.4, -0.2) is 57.9 Å². The van der Waals surface area contributed by atoms with Crippen LogP contribution in [0.25, 0.3) is 0 Å². The van der Waals surface area contributed by atoms with Crippen LogP contribution in [0.4, 0.5) is 9.93 Å². The van der Waals surface area contributed by atoms with E-state index < -0.39 is 30.3 Å². The van der Waals surface area contributed by atoms with Crippen LogP contribution < -0.4 is 5.32 Å². The zero-order valence-corrected chi connectivity index (χ0v) is 14.7. The van der Waals surface area contributed by atoms with Crippen molar-refractivity contribution in [2.45, 2.75) is 26.7 Å². The number of nitrogens with zero attached hydrogens (tertiary/aromatic N) is 3. The molecule has 1 saturated heterocycles. The molecule has 9 nitrogen and oxygen atoms in total. The first-order valence-corrected chi connectivity index (χ1v) is 8.37. The fraction of sp³-hybridized carbons (Fsp3) is 0.467. The number of Topliss-reactive ketones (excluding diaryl/α,β-unsaturated/α-hetero) is 1. The van der Waals surface area contributed by atoms with Crippen LogP contribution in [0.2, 0.25) is 0 Å². The Bertz CT molecular complexity index is 828. The summed E-state index contributed by atoms with van der Waals surface area (Å²) in [5.74, 6) is -2.70. The third-order valence-corrected chi connectivity index (χ3v) is 5.09. The third-order valence-electron chi connectivity index (χ3n) is 4.03. The molecule has 0 aromatic carbocycles. The Morgan fingerprint density at radius 2 is 1.88 bits per heavy atom. The zero-order chi connectivity index (χ0) is 18.5. The van der Waals surface area contributed by atoms with E-state index in [1.165, 1.54) is 7.05 Å². The molecule has 2 aliphatic rings. The number of nitrogens with one attached hydrogen (secondary N) is 1. The number of urea groups is 1. The molecule has 25 heavy (non-hydrogen) atoms. The van der Waals surface area contributed by atoms with Crippen LogP contribution >= 0.6 is 11.3 Å². The lowest BCUT2D eigenvalue weighted by Gasteiger charge is -2.26. The van der Waals surface area contributed by atoms with Gasteiger partial charge in [-0.1, -0.05) is 25.2 Å². The van der Waals surface area contributed by atoms with E-state index in [2.05, 4.69) is 10.3 Å². The topological polar surface area (TPSA) is 117 Å². The molecule has 132 valence electrons. The average molecular weight is 364 g/mol. The molecule has 1 aromatic heterocycles. The molecule has 5 amide bonds. The molecule has 3 rings (SSSR count). The quantitative estimate of drug-likeness (QED) is 0.622. The van der Waals surface area contributed by atoms with E-state index in [4.69, 9.17) is 0 Å². The third kappa shape index (κ3) is 3.04. The van der Waals surface area contributed by atoms with E-state index in [0.717, 1.165) is 11.3 Å². The molecule has 1 aromatic rings. The summed E-state index contributed by atoms with van der Waals surface area (Å²) in [6.07, 6.45) is 1.05. The van der Waals surface area contributed by atoms with Gasteiger partial charge in [0.25, 0.3) is 0 Å². The summed E-state index contributed by atoms with van der Waals surface area (Å²) in [5, 5.41) is 2.72. The molecule has 1 fully saturated rings. The molecular weight excluding hydrogens is 348 g/mol. The van der Waals surface area contributed by atoms with Gasteiger partial charge in [0.15, 0.2) is 10.9 Å². The van der Waals surface area contributed by atoms with E-state index in [0.29, 0.717) is 33.2 Å². The molecule has 0 unspecified atom stereocenters. The van der Waals surface area contributed by atoms with E-state index in [-0.39, 0.29) is 16.3 Å². The van der Waals surface area contributed by atoms with Crippen LogP contribution in [0.1, 0.15) is 35.6 Å². The first-order valence-electron chi connectivity index (χ1n) is 7.55. The van der Waals surface area contributed by atoms with E-state index in [1.54, 1.807) is 0 Å². The van der Waals surface area contributed by atoms with E-state index in [1.807, 2.05) is 13.8 Å². The summed E-state index contributed by atoms with van der Waals surface area (Å²) in [7, 11) is 1.17. The van der Waals surface area contributed by atoms with E-state index in [9.17, 15) is 24.0 Å². The molecular formula is C15H16N4O5S. The lowest BCUT2D eigenvalue weighted by molar-refractivity contribution is -0.143. The molecule has 1 aliphatic carbocycles. The van der Waals surface area contributed by atoms with E-state index >= 15 is 0 Å². The zero-order valence-electron chi connectivity index (χ0n) is 13.9. The lowest BCUT2D eigenvalue weighted by atomic mass is 9.78. The Kier molecular flexibility index (Phi) is 3.94. The van der Waals surface area contributed by atoms with Crippen molar-refractivity contribution in [1.29, 1.82) is 0 Å². The largest absolute Gasteiger partial charge is 0.334 e. The highest BCUT2D eigenvalue weighted by molar-refractivity contribution is 7.17. The van der Waals surface area contributed by atoms with Gasteiger partial charge in [-0.2, -0.15) is 0 Å². The highest BCUT2D eigenvalue weighted by atomic mass is 32.1. The van der Waals surface area contributed by atoms with Crippen LogP contribution in [-0.2, 0) is 20.8 Å². The number of hydrogen-bond donors (Lipinski definition) is 1. The Balaban J connectivity index is 1.71. The van der Waals surface area contributed by atoms with Gasteiger partial charge >= 0.3 is 17.8 Å². The number of aromatic nitrogens is 1. The summed E-state index contributed by atoms with van der Waals surface area (Å²) in [5.41, 5.74) is 0.462. The van der Waals surface area contributed by atoms with Crippen LogP contribution in [0.5, 0.6) is 0 Å². The predicted molar refractivity (Wildman–Crippen MR) is 87.1 cm³/mol. The van der Waals surface area contributed by atoms with Gasteiger partial charge in [0, 0.05) is 13.5 Å². The maximum atomic E-state index is 12.2. The normalized spacial score (nSPS) is 19.5. The summed E-state index contributed by atoms with van der Waals surface area (Å²) < 4.78 is 0. The maximum absolute atomic E-state index is 12.2. The van der Waals surface area contributed by atoms with Gasteiger partial charge in [0.1, 0.15) is 6.54 Å². The lowest BCUT2D eigenvalue weighted by Crippen LogP contribution is -2.38. The molecule has 2 heterocycles. The number of anilines is 1. The molecule has 1 aliphatic heterocycles. The number of ketones is 1. The van der Waals surface area contributed by atoms with Crippen molar-refractivity contribution in [3.63, 3.8) is 0 Å². The van der Waals surface area contributed by atoms with Crippen molar-refractivity contribution in [1.82, 2.24) is 14.8 Å². The number of imide groups is 2. The second-order valence-corrected chi connectivity index (χ2v) is 7.82. The molecule has 10 heteroatoms. The fourth-order valence-electron chi connectivity index (χ4n) is 2.83. The minimum Gasteiger partial charge on any atom is -0.300 e. The van der Waals surface area contributed by atoms with Crippen molar-refractivity contribution >= 4 is 46.0 Å². The van der Waals surface area contributed by atoms with Gasteiger partial charge < -0.3 is 5.32 Å². The van der Waals surface area contributed by atoms with Gasteiger partial charge in [0.05, 0.1) is 10.6 Å². The number of fused-ring (bicyclic) bond motifs is 1. The number of likely N-dealkylation sites (N-methyl/N-ethyl adjacent to an activating group) is 1. The molecule has 0 radical (unpaired) electrons. The summed E-state index contributed by atoms with van der Waals surface area (Å²) in [6.45, 7) is 3.37. The molecule has 0 spiro atoms. The van der Waals surface area contributed by atoms with Crippen LogP contribution in [0, 0.1) is 5.41 Å². The van der Waals surface area contributed by atoms with Crippen molar-refractivity contribution in [3.05, 3.63) is 10.6 Å². The highest BCUT2D eigenvalue weighted by Crippen LogP contribution is 2.38. The minimum atomic E-state index is -1.04. The number of amides is 5. The van der Waals surface area contributed by atoms with Gasteiger partial charge in [-0.15, -0.1) is 0 Å². The van der Waals surface area contributed by atoms with Gasteiger partial charge in [-0.3, -0.25) is 24.1 Å². The second kappa shape index (κ2) is 5.73. The molecule has 1 N–H and O–H groups in total. The van der Waals surface area contributed by atoms with Crippen molar-refractivity contribution < 1.29 is 24.0 Å². The Hall–Kier alpha value is -2.62. The first kappa shape index (κ1) is 17.2. The van der Waals surface area contributed by atoms with Gasteiger partial charge in [-0.05, 0) is 11.8 Å². The fourth-order valence-corrected chi connectivity index (χ4v) is 3.76. The minimum absolute atomic E-state index is 0.0126. The van der Waals surface area contributed by atoms with Crippen LogP contribution in [0.3, 0.4) is 0 Å². The summed E-state index contributed by atoms with van der Waals surface area (Å²) >= 11 is 1.07. The van der Waals surface area contributed by atoms with Crippen molar-refractivity contribution in [3.8, 4) is 0 Å². The monoisotopic (exact) mass is 364 g/mol. The van der Waals surface area contributed by atoms with Gasteiger partial charge in [0.2, 0.25) is 5.91 Å². The second-order valence-electron chi connectivity index (χ2n) is 6.82. The smallest absolute Gasteiger partial charge is 0.300 e. The molecule has 0 atom stereocenters. The number of carbonyl (C=O) groups is 5. The SMILES string of the molecule is CN1C(=O)C(=O)N(CC(=O)Nc2nc3c(s2)C(=O)CC(C)(C)C3)C1=O. The number of thiazole rings is 1. The Morgan fingerprint density at radius 1 is 1.20 bits per heavy atom. The number of rotatable bonds is 3. The maximum Gasteiger partial charge on any atom is 0.334 e. The predicted octanol–water partition coefficient (Wildman–Crippen LogP) is 0.657. The number of hydrogen-bond acceptors (Lipinski definition) is 7.